The first-order valence-corrected chi connectivity index (χ1v) is 20.4. The maximum atomic E-state index is 11.7. The summed E-state index contributed by atoms with van der Waals surface area (Å²) in [7, 11) is 0. The standard InChI is InChI=1S/C46H51N5O9/c1-24-25(2)42-33(16-19-46(6,58-42)44-47-39(49-60-44)14-9-28-7-12-34(52)36(54)21-28)32(41(24)57)11-10-30-26(3)40(56)27(4)31-15-18-45(5,59-43(30)31)38-23-51(50-48-38)20-17-29-8-13-35(53)37(55)22-29/h7-8,12-13,21-23,52-57H,9-11,14-20H2,1-6H3. The van der Waals surface area contributed by atoms with E-state index in [2.05, 4.69) is 15.5 Å². The van der Waals surface area contributed by atoms with Crippen molar-refractivity contribution in [1.82, 2.24) is 25.1 Å². The van der Waals surface area contributed by atoms with Crippen molar-refractivity contribution in [1.29, 1.82) is 0 Å². The van der Waals surface area contributed by atoms with Crippen molar-refractivity contribution in [2.75, 3.05) is 0 Å². The van der Waals surface area contributed by atoms with Crippen LogP contribution in [0.5, 0.6) is 46.0 Å². The van der Waals surface area contributed by atoms with Gasteiger partial charge in [-0.05, 0) is 144 Å². The minimum atomic E-state index is -0.909. The molecule has 2 aliphatic rings. The van der Waals surface area contributed by atoms with Gasteiger partial charge in [0.15, 0.2) is 40.0 Å². The van der Waals surface area contributed by atoms with Crippen LogP contribution in [0.1, 0.15) is 99.7 Å². The summed E-state index contributed by atoms with van der Waals surface area (Å²) in [6.07, 6.45) is 6.82. The highest BCUT2D eigenvalue weighted by Crippen LogP contribution is 2.49. The van der Waals surface area contributed by atoms with Gasteiger partial charge in [0, 0.05) is 41.6 Å². The highest BCUT2D eigenvalue weighted by Gasteiger charge is 2.42. The Labute approximate surface area is 347 Å². The zero-order valence-electron chi connectivity index (χ0n) is 34.8. The summed E-state index contributed by atoms with van der Waals surface area (Å²) in [5.41, 5.74) is 7.26. The molecule has 0 bridgehead atoms. The summed E-state index contributed by atoms with van der Waals surface area (Å²) < 4.78 is 21.2. The van der Waals surface area contributed by atoms with Crippen LogP contribution >= 0.6 is 0 Å². The summed E-state index contributed by atoms with van der Waals surface area (Å²) >= 11 is 0. The Balaban J connectivity index is 1.02. The van der Waals surface area contributed by atoms with Gasteiger partial charge < -0.3 is 44.6 Å². The lowest BCUT2D eigenvalue weighted by atomic mass is 9.82. The number of nitrogens with zero attached hydrogens (tertiary/aromatic N) is 5. The lowest BCUT2D eigenvalue weighted by Gasteiger charge is -2.37. The Morgan fingerprint density at radius 3 is 1.97 bits per heavy atom. The van der Waals surface area contributed by atoms with Gasteiger partial charge in [-0.25, -0.2) is 0 Å². The van der Waals surface area contributed by atoms with Crippen molar-refractivity contribution in [2.45, 2.75) is 117 Å². The predicted octanol–water partition coefficient (Wildman–Crippen LogP) is 7.42. The van der Waals surface area contributed by atoms with Crippen molar-refractivity contribution in [3.8, 4) is 46.0 Å². The zero-order chi connectivity index (χ0) is 42.7. The Morgan fingerprint density at radius 1 is 0.633 bits per heavy atom. The second-order valence-corrected chi connectivity index (χ2v) is 16.7. The second-order valence-electron chi connectivity index (χ2n) is 16.7. The van der Waals surface area contributed by atoms with E-state index in [1.165, 1.54) is 18.2 Å². The summed E-state index contributed by atoms with van der Waals surface area (Å²) in [6.45, 7) is 12.1. The number of phenols is 6. The average Bonchev–Trinajstić information content (AvgIpc) is 3.93. The maximum Gasteiger partial charge on any atom is 0.270 e. The van der Waals surface area contributed by atoms with Crippen LogP contribution < -0.4 is 9.47 Å². The molecule has 6 aromatic rings. The summed E-state index contributed by atoms with van der Waals surface area (Å²) in [5, 5.41) is 75.3. The van der Waals surface area contributed by atoms with E-state index in [1.54, 1.807) is 22.9 Å². The van der Waals surface area contributed by atoms with Crippen LogP contribution in [0.4, 0.5) is 0 Å². The number of hydrogen-bond donors (Lipinski definition) is 6. The molecule has 2 unspecified atom stereocenters. The molecule has 0 aliphatic carbocycles. The van der Waals surface area contributed by atoms with E-state index in [0.717, 1.165) is 61.4 Å². The Kier molecular flexibility index (Phi) is 10.3. The van der Waals surface area contributed by atoms with Gasteiger partial charge in [-0.1, -0.05) is 22.5 Å². The van der Waals surface area contributed by atoms with Crippen molar-refractivity contribution in [3.63, 3.8) is 0 Å². The van der Waals surface area contributed by atoms with Gasteiger partial charge in [-0.2, -0.15) is 4.98 Å². The van der Waals surface area contributed by atoms with Crippen LogP contribution in [0.15, 0.2) is 47.1 Å². The normalized spacial score (nSPS) is 18.4. The molecule has 60 heavy (non-hydrogen) atoms. The van der Waals surface area contributed by atoms with Gasteiger partial charge in [-0.15, -0.1) is 5.10 Å². The molecule has 6 N–H and O–H groups in total. The fraction of sp³-hybridized carbons (Fsp3) is 0.391. The van der Waals surface area contributed by atoms with Crippen LogP contribution in [0.25, 0.3) is 0 Å². The van der Waals surface area contributed by atoms with Crippen LogP contribution in [-0.4, -0.2) is 55.8 Å². The van der Waals surface area contributed by atoms with Crippen molar-refractivity contribution >= 4 is 0 Å². The molecule has 14 heteroatoms. The van der Waals surface area contributed by atoms with Crippen molar-refractivity contribution < 1.29 is 44.6 Å². The molecule has 0 spiro atoms. The molecule has 0 amide bonds. The fourth-order valence-corrected chi connectivity index (χ4v) is 8.60. The lowest BCUT2D eigenvalue weighted by molar-refractivity contribution is 0.0279. The summed E-state index contributed by atoms with van der Waals surface area (Å²) in [5.74, 6) is 2.07. The average molecular weight is 818 g/mol. The molecule has 0 radical (unpaired) electrons. The Hall–Kier alpha value is -6.44. The third-order valence-corrected chi connectivity index (χ3v) is 12.7. The number of phenolic OH excluding ortho intramolecular Hbond substituents is 6. The van der Waals surface area contributed by atoms with E-state index in [0.29, 0.717) is 87.5 Å². The van der Waals surface area contributed by atoms with Crippen LogP contribution in [0, 0.1) is 27.7 Å². The van der Waals surface area contributed by atoms with E-state index >= 15 is 0 Å². The van der Waals surface area contributed by atoms with Gasteiger partial charge in [0.2, 0.25) is 0 Å². The molecule has 0 fully saturated rings. The number of ether oxygens (including phenoxy) is 2. The van der Waals surface area contributed by atoms with Gasteiger partial charge in [-0.3, -0.25) is 4.68 Å². The van der Waals surface area contributed by atoms with E-state index in [-0.39, 0.29) is 34.5 Å². The van der Waals surface area contributed by atoms with Gasteiger partial charge >= 0.3 is 0 Å². The number of rotatable bonds is 11. The predicted molar refractivity (Wildman–Crippen MR) is 220 cm³/mol. The lowest BCUT2D eigenvalue weighted by Crippen LogP contribution is -2.35. The van der Waals surface area contributed by atoms with Gasteiger partial charge in [0.05, 0.1) is 6.20 Å². The van der Waals surface area contributed by atoms with Crippen molar-refractivity contribution in [3.05, 3.63) is 116 Å². The first kappa shape index (κ1) is 40.3. The third-order valence-electron chi connectivity index (χ3n) is 12.7. The monoisotopic (exact) mass is 817 g/mol. The molecule has 2 atom stereocenters. The summed E-state index contributed by atoms with van der Waals surface area (Å²) in [4.78, 5) is 4.70. The second kappa shape index (κ2) is 15.3. The van der Waals surface area contributed by atoms with Gasteiger partial charge in [0.1, 0.15) is 28.7 Å². The first-order chi connectivity index (χ1) is 28.5. The third kappa shape index (κ3) is 7.28. The Bertz CT molecular complexity index is 2630. The molecule has 14 nitrogen and oxygen atoms in total. The number of aromatic nitrogens is 5. The number of aryl methyl sites for hydroxylation is 4. The van der Waals surface area contributed by atoms with Gasteiger partial charge in [0.25, 0.3) is 5.89 Å². The molecule has 2 aromatic heterocycles. The molecule has 0 saturated heterocycles. The Morgan fingerprint density at radius 2 is 1.27 bits per heavy atom. The van der Waals surface area contributed by atoms with E-state index < -0.39 is 11.2 Å². The summed E-state index contributed by atoms with van der Waals surface area (Å²) in [6, 6.07) is 9.48. The largest absolute Gasteiger partial charge is 0.507 e. The van der Waals surface area contributed by atoms with Crippen LogP contribution in [0.3, 0.4) is 0 Å². The smallest absolute Gasteiger partial charge is 0.270 e. The first-order valence-electron chi connectivity index (χ1n) is 20.4. The molecule has 0 saturated carbocycles. The number of hydrogen-bond acceptors (Lipinski definition) is 13. The minimum Gasteiger partial charge on any atom is -0.507 e. The SMILES string of the molecule is Cc1c(C)c2c(c(CCc3c(C)c(O)c(C)c4c3OC(C)(c3cn(CCc5ccc(O)c(O)c5)nn3)CC4)c1O)CCC(C)(c1nc(CCc3ccc(O)c(O)c3)no1)O2. The van der Waals surface area contributed by atoms with Crippen molar-refractivity contribution in [2.24, 2.45) is 0 Å². The maximum absolute atomic E-state index is 11.7. The quantitative estimate of drug-likeness (QED) is 0.0704. The number of benzene rings is 4. The topological polar surface area (TPSA) is 209 Å². The number of fused-ring (bicyclic) bond motifs is 2. The molecule has 4 heterocycles. The van der Waals surface area contributed by atoms with E-state index in [9.17, 15) is 30.6 Å². The highest BCUT2D eigenvalue weighted by molar-refractivity contribution is 5.62. The molecule has 314 valence electrons. The number of aromatic hydroxyl groups is 6. The van der Waals surface area contributed by atoms with E-state index in [4.69, 9.17) is 19.0 Å². The van der Waals surface area contributed by atoms with E-state index in [1.807, 2.05) is 47.7 Å². The highest BCUT2D eigenvalue weighted by atomic mass is 16.5. The minimum absolute atomic E-state index is 0.162. The molecular weight excluding hydrogens is 767 g/mol. The van der Waals surface area contributed by atoms with Crippen LogP contribution in [0.2, 0.25) is 0 Å². The molecular formula is C46H51N5O9. The molecule has 2 aliphatic heterocycles. The molecule has 8 rings (SSSR count). The molecule has 4 aromatic carbocycles. The fourth-order valence-electron chi connectivity index (χ4n) is 8.60. The zero-order valence-corrected chi connectivity index (χ0v) is 34.8. The van der Waals surface area contributed by atoms with Crippen LogP contribution in [-0.2, 0) is 62.7 Å².